The minimum atomic E-state index is -0.315. The van der Waals surface area contributed by atoms with E-state index in [1.165, 1.54) is 19.2 Å². The zero-order valence-corrected chi connectivity index (χ0v) is 8.55. The van der Waals surface area contributed by atoms with Crippen LogP contribution in [0.25, 0.3) is 0 Å². The smallest absolute Gasteiger partial charge is 0.163 e. The van der Waals surface area contributed by atoms with E-state index < -0.39 is 0 Å². The number of rotatable bonds is 5. The second-order valence-electron chi connectivity index (χ2n) is 3.00. The highest BCUT2D eigenvalue weighted by atomic mass is 19.1. The first-order valence-electron chi connectivity index (χ1n) is 4.74. The van der Waals surface area contributed by atoms with Gasteiger partial charge in [-0.1, -0.05) is 13.3 Å². The van der Waals surface area contributed by atoms with Crippen LogP contribution in [-0.2, 0) is 0 Å². The number of benzene rings is 1. The third-order valence-electron chi connectivity index (χ3n) is 1.88. The van der Waals surface area contributed by atoms with Crippen LogP contribution in [0.3, 0.4) is 0 Å². The van der Waals surface area contributed by atoms with Gasteiger partial charge in [0.05, 0.1) is 13.7 Å². The van der Waals surface area contributed by atoms with E-state index in [2.05, 4.69) is 6.92 Å². The van der Waals surface area contributed by atoms with Crippen molar-refractivity contribution in [2.45, 2.75) is 19.8 Å². The molecule has 2 nitrogen and oxygen atoms in total. The van der Waals surface area contributed by atoms with Crippen molar-refractivity contribution < 1.29 is 13.9 Å². The summed E-state index contributed by atoms with van der Waals surface area (Å²) in [6.45, 7) is 2.73. The molecule has 0 aliphatic rings. The molecule has 0 radical (unpaired) electrons. The first-order chi connectivity index (χ1) is 6.77. The van der Waals surface area contributed by atoms with Gasteiger partial charge in [-0.05, 0) is 18.6 Å². The van der Waals surface area contributed by atoms with Gasteiger partial charge < -0.3 is 9.47 Å². The van der Waals surface area contributed by atoms with E-state index in [1.807, 2.05) is 0 Å². The van der Waals surface area contributed by atoms with Crippen molar-refractivity contribution in [1.82, 2.24) is 0 Å². The minimum absolute atomic E-state index is 0.315. The Hall–Kier alpha value is -1.25. The van der Waals surface area contributed by atoms with Crippen molar-refractivity contribution in [3.05, 3.63) is 24.0 Å². The molecule has 0 N–H and O–H groups in total. The van der Waals surface area contributed by atoms with Crippen molar-refractivity contribution in [2.75, 3.05) is 13.7 Å². The molecule has 78 valence electrons. The van der Waals surface area contributed by atoms with Gasteiger partial charge in [-0.2, -0.15) is 0 Å². The molecule has 0 saturated heterocycles. The summed E-state index contributed by atoms with van der Waals surface area (Å²) in [4.78, 5) is 0. The highest BCUT2D eigenvalue weighted by Gasteiger charge is 2.04. The second-order valence-corrected chi connectivity index (χ2v) is 3.00. The van der Waals surface area contributed by atoms with Gasteiger partial charge in [-0.25, -0.2) is 4.39 Å². The lowest BCUT2D eigenvalue weighted by molar-refractivity contribution is 0.287. The predicted octanol–water partition coefficient (Wildman–Crippen LogP) is 3.01. The molecule has 0 unspecified atom stereocenters. The highest BCUT2D eigenvalue weighted by Crippen LogP contribution is 2.27. The number of halogens is 1. The molecule has 0 fully saturated rings. The summed E-state index contributed by atoms with van der Waals surface area (Å²) in [6, 6.07) is 4.27. The van der Waals surface area contributed by atoms with Crippen LogP contribution in [0.4, 0.5) is 4.39 Å². The molecule has 1 aromatic rings. The number of hydrogen-bond donors (Lipinski definition) is 0. The summed E-state index contributed by atoms with van der Waals surface area (Å²) in [5, 5.41) is 0. The van der Waals surface area contributed by atoms with Crippen LogP contribution in [0.15, 0.2) is 18.2 Å². The largest absolute Gasteiger partial charge is 0.493 e. The standard InChI is InChI=1S/C11H15FO2/c1-3-4-7-14-10-6-5-9(12)8-11(10)13-2/h5-6,8H,3-4,7H2,1-2H3. The van der Waals surface area contributed by atoms with Crippen LogP contribution < -0.4 is 9.47 Å². The van der Waals surface area contributed by atoms with Crippen LogP contribution in [0, 0.1) is 5.82 Å². The molecule has 1 aromatic carbocycles. The molecule has 1 rings (SSSR count). The molecule has 0 aromatic heterocycles. The Labute approximate surface area is 83.6 Å². The predicted molar refractivity (Wildman–Crippen MR) is 53.4 cm³/mol. The molecule has 0 heterocycles. The number of hydrogen-bond acceptors (Lipinski definition) is 2. The Balaban J connectivity index is 2.65. The lowest BCUT2D eigenvalue weighted by Gasteiger charge is -2.09. The molecule has 0 spiro atoms. The molecule has 0 amide bonds. The van der Waals surface area contributed by atoms with Gasteiger partial charge in [0.2, 0.25) is 0 Å². The zero-order valence-electron chi connectivity index (χ0n) is 8.55. The van der Waals surface area contributed by atoms with E-state index in [1.54, 1.807) is 6.07 Å². The van der Waals surface area contributed by atoms with Crippen LogP contribution >= 0.6 is 0 Å². The van der Waals surface area contributed by atoms with Gasteiger partial charge in [0.25, 0.3) is 0 Å². The van der Waals surface area contributed by atoms with Gasteiger partial charge in [-0.3, -0.25) is 0 Å². The van der Waals surface area contributed by atoms with E-state index >= 15 is 0 Å². The fourth-order valence-corrected chi connectivity index (χ4v) is 1.09. The molecular formula is C11H15FO2. The number of methoxy groups -OCH3 is 1. The third kappa shape index (κ3) is 2.91. The van der Waals surface area contributed by atoms with E-state index in [0.717, 1.165) is 12.8 Å². The third-order valence-corrected chi connectivity index (χ3v) is 1.88. The maximum absolute atomic E-state index is 12.8. The maximum Gasteiger partial charge on any atom is 0.163 e. The summed E-state index contributed by atoms with van der Waals surface area (Å²) >= 11 is 0. The van der Waals surface area contributed by atoms with Crippen molar-refractivity contribution in [1.29, 1.82) is 0 Å². The van der Waals surface area contributed by atoms with Crippen LogP contribution in [0.2, 0.25) is 0 Å². The molecule has 0 aliphatic heterocycles. The molecule has 0 aliphatic carbocycles. The molecule has 0 bridgehead atoms. The van der Waals surface area contributed by atoms with E-state index in [0.29, 0.717) is 18.1 Å². The van der Waals surface area contributed by atoms with Crippen molar-refractivity contribution in [2.24, 2.45) is 0 Å². The normalized spacial score (nSPS) is 9.93. The zero-order chi connectivity index (χ0) is 10.4. The monoisotopic (exact) mass is 198 g/mol. The summed E-state index contributed by atoms with van der Waals surface area (Å²) in [5.74, 6) is 0.730. The topological polar surface area (TPSA) is 18.5 Å². The fourth-order valence-electron chi connectivity index (χ4n) is 1.09. The molecule has 0 atom stereocenters. The summed E-state index contributed by atoms with van der Waals surface area (Å²) in [7, 11) is 1.50. The van der Waals surface area contributed by atoms with E-state index in [4.69, 9.17) is 9.47 Å². The first-order valence-corrected chi connectivity index (χ1v) is 4.74. The molecule has 3 heteroatoms. The Kier molecular flexibility index (Phi) is 4.23. The van der Waals surface area contributed by atoms with Gasteiger partial charge in [-0.15, -0.1) is 0 Å². The highest BCUT2D eigenvalue weighted by molar-refractivity contribution is 5.39. The van der Waals surface area contributed by atoms with E-state index in [-0.39, 0.29) is 5.82 Å². The van der Waals surface area contributed by atoms with Gasteiger partial charge in [0, 0.05) is 6.07 Å². The average Bonchev–Trinajstić information content (AvgIpc) is 2.20. The Morgan fingerprint density at radius 1 is 1.29 bits per heavy atom. The molecule has 14 heavy (non-hydrogen) atoms. The minimum Gasteiger partial charge on any atom is -0.493 e. The van der Waals surface area contributed by atoms with Crippen molar-refractivity contribution >= 4 is 0 Å². The lowest BCUT2D eigenvalue weighted by atomic mass is 10.3. The number of unbranched alkanes of at least 4 members (excludes halogenated alkanes) is 1. The summed E-state index contributed by atoms with van der Waals surface area (Å²) < 4.78 is 23.2. The first kappa shape index (κ1) is 10.8. The van der Waals surface area contributed by atoms with Gasteiger partial charge >= 0.3 is 0 Å². The fraction of sp³-hybridized carbons (Fsp3) is 0.455. The molecular weight excluding hydrogens is 183 g/mol. The molecule has 0 saturated carbocycles. The van der Waals surface area contributed by atoms with Crippen molar-refractivity contribution in [3.63, 3.8) is 0 Å². The second kappa shape index (κ2) is 5.47. The van der Waals surface area contributed by atoms with Crippen molar-refractivity contribution in [3.8, 4) is 11.5 Å². The quantitative estimate of drug-likeness (QED) is 0.677. The van der Waals surface area contributed by atoms with E-state index in [9.17, 15) is 4.39 Å². The van der Waals surface area contributed by atoms with Crippen LogP contribution in [0.1, 0.15) is 19.8 Å². The number of ether oxygens (including phenoxy) is 2. The van der Waals surface area contributed by atoms with Gasteiger partial charge in [0.15, 0.2) is 11.5 Å². The Morgan fingerprint density at radius 2 is 2.07 bits per heavy atom. The summed E-state index contributed by atoms with van der Waals surface area (Å²) in [5.41, 5.74) is 0. The summed E-state index contributed by atoms with van der Waals surface area (Å²) in [6.07, 6.45) is 2.06. The Morgan fingerprint density at radius 3 is 2.71 bits per heavy atom. The maximum atomic E-state index is 12.8. The van der Waals surface area contributed by atoms with Crippen LogP contribution in [-0.4, -0.2) is 13.7 Å². The van der Waals surface area contributed by atoms with Crippen LogP contribution in [0.5, 0.6) is 11.5 Å². The lowest BCUT2D eigenvalue weighted by Crippen LogP contribution is -1.98. The van der Waals surface area contributed by atoms with Gasteiger partial charge in [0.1, 0.15) is 5.82 Å². The average molecular weight is 198 g/mol. The Bertz CT molecular complexity index is 287. The SMILES string of the molecule is CCCCOc1ccc(F)cc1OC.